The van der Waals surface area contributed by atoms with Gasteiger partial charge in [0.25, 0.3) is 0 Å². The Morgan fingerprint density at radius 1 is 1.19 bits per heavy atom. The fourth-order valence-electron chi connectivity index (χ4n) is 4.55. The molecule has 152 valence electrons. The van der Waals surface area contributed by atoms with Crippen molar-refractivity contribution in [2.45, 2.75) is 74.4 Å². The highest BCUT2D eigenvalue weighted by Crippen LogP contribution is 2.32. The highest BCUT2D eigenvalue weighted by atomic mass is 32.2. The molecule has 0 bridgehead atoms. The summed E-state index contributed by atoms with van der Waals surface area (Å²) in [5.41, 5.74) is 0. The molecular formula is C18H35N3O3S2. The van der Waals surface area contributed by atoms with Gasteiger partial charge in [-0.2, -0.15) is 11.8 Å². The molecule has 0 aromatic rings. The zero-order valence-electron chi connectivity index (χ0n) is 16.1. The molecule has 2 saturated heterocycles. The molecule has 4 atom stereocenters. The Bertz CT molecular complexity index is 532. The lowest BCUT2D eigenvalue weighted by Gasteiger charge is -2.44. The number of ether oxygens (including phenoxy) is 1. The normalized spacial score (nSPS) is 39.2. The quantitative estimate of drug-likeness (QED) is 0.590. The first-order chi connectivity index (χ1) is 12.5. The minimum Gasteiger partial charge on any atom is -0.362 e. The third-order valence-corrected chi connectivity index (χ3v) is 9.12. The SMILES string of the molecule is CCOC1NCC(NCC2CCCS2)NC1C1CCC(S(C)(=O)=O)CC1. The van der Waals surface area contributed by atoms with Crippen LogP contribution in [0.25, 0.3) is 0 Å². The minimum absolute atomic E-state index is 0.0127. The molecule has 3 aliphatic rings. The fourth-order valence-corrected chi connectivity index (χ4v) is 6.89. The van der Waals surface area contributed by atoms with E-state index in [9.17, 15) is 8.42 Å². The molecule has 4 unspecified atom stereocenters. The van der Waals surface area contributed by atoms with Crippen molar-refractivity contribution >= 4 is 21.6 Å². The molecule has 0 spiro atoms. The summed E-state index contributed by atoms with van der Waals surface area (Å²) in [6, 6.07) is 0.234. The van der Waals surface area contributed by atoms with Crippen molar-refractivity contribution in [2.24, 2.45) is 5.92 Å². The van der Waals surface area contributed by atoms with Crippen molar-refractivity contribution in [2.75, 3.05) is 31.7 Å². The van der Waals surface area contributed by atoms with Gasteiger partial charge in [0, 0.05) is 31.2 Å². The Morgan fingerprint density at radius 3 is 2.58 bits per heavy atom. The number of piperazine rings is 1. The number of hydrogen-bond donors (Lipinski definition) is 3. The lowest BCUT2D eigenvalue weighted by atomic mass is 9.82. The van der Waals surface area contributed by atoms with Crippen molar-refractivity contribution < 1.29 is 13.2 Å². The number of hydrogen-bond acceptors (Lipinski definition) is 7. The van der Waals surface area contributed by atoms with Gasteiger partial charge in [-0.15, -0.1) is 0 Å². The molecule has 26 heavy (non-hydrogen) atoms. The zero-order valence-corrected chi connectivity index (χ0v) is 17.7. The first-order valence-corrected chi connectivity index (χ1v) is 13.1. The van der Waals surface area contributed by atoms with Crippen molar-refractivity contribution in [3.8, 4) is 0 Å². The van der Waals surface area contributed by atoms with Crippen LogP contribution in [-0.4, -0.2) is 69.1 Å². The molecule has 1 saturated carbocycles. The summed E-state index contributed by atoms with van der Waals surface area (Å²) in [7, 11) is -2.91. The van der Waals surface area contributed by atoms with Gasteiger partial charge in [0.05, 0.1) is 17.5 Å². The molecule has 0 amide bonds. The second kappa shape index (κ2) is 9.56. The van der Waals surface area contributed by atoms with E-state index >= 15 is 0 Å². The predicted octanol–water partition coefficient (Wildman–Crippen LogP) is 1.33. The monoisotopic (exact) mass is 405 g/mol. The molecule has 8 heteroatoms. The van der Waals surface area contributed by atoms with Crippen LogP contribution in [-0.2, 0) is 14.6 Å². The van der Waals surface area contributed by atoms with Crippen LogP contribution in [0.2, 0.25) is 0 Å². The van der Waals surface area contributed by atoms with E-state index in [1.54, 1.807) is 0 Å². The van der Waals surface area contributed by atoms with Gasteiger partial charge >= 0.3 is 0 Å². The van der Waals surface area contributed by atoms with Gasteiger partial charge in [-0.3, -0.25) is 16.0 Å². The van der Waals surface area contributed by atoms with Gasteiger partial charge in [0.1, 0.15) is 16.1 Å². The van der Waals surface area contributed by atoms with E-state index in [0.717, 1.165) is 44.0 Å². The lowest BCUT2D eigenvalue weighted by molar-refractivity contribution is -0.0340. The van der Waals surface area contributed by atoms with Crippen LogP contribution >= 0.6 is 11.8 Å². The second-order valence-corrected chi connectivity index (χ2v) is 11.7. The van der Waals surface area contributed by atoms with E-state index in [0.29, 0.717) is 12.5 Å². The first-order valence-electron chi connectivity index (χ1n) is 10.1. The summed E-state index contributed by atoms with van der Waals surface area (Å²) >= 11 is 2.08. The van der Waals surface area contributed by atoms with E-state index < -0.39 is 9.84 Å². The molecule has 0 aromatic carbocycles. The lowest BCUT2D eigenvalue weighted by Crippen LogP contribution is -2.68. The summed E-state index contributed by atoms with van der Waals surface area (Å²) in [5.74, 6) is 1.75. The van der Waals surface area contributed by atoms with Crippen LogP contribution in [0.15, 0.2) is 0 Å². The molecule has 0 radical (unpaired) electrons. The average molecular weight is 406 g/mol. The highest BCUT2D eigenvalue weighted by Gasteiger charge is 2.39. The summed E-state index contributed by atoms with van der Waals surface area (Å²) in [5, 5.41) is 11.6. The number of thioether (sulfide) groups is 1. The maximum atomic E-state index is 11.8. The average Bonchev–Trinajstić information content (AvgIpc) is 3.14. The van der Waals surface area contributed by atoms with Gasteiger partial charge in [-0.1, -0.05) is 0 Å². The van der Waals surface area contributed by atoms with Crippen LogP contribution in [0.3, 0.4) is 0 Å². The maximum absolute atomic E-state index is 11.8. The predicted molar refractivity (Wildman–Crippen MR) is 108 cm³/mol. The van der Waals surface area contributed by atoms with Crippen molar-refractivity contribution in [1.29, 1.82) is 0 Å². The Balaban J connectivity index is 1.54. The number of sulfone groups is 1. The summed E-state index contributed by atoms with van der Waals surface area (Å²) < 4.78 is 29.6. The third-order valence-electron chi connectivity index (χ3n) is 6.04. The Kier molecular flexibility index (Phi) is 7.67. The Morgan fingerprint density at radius 2 is 1.96 bits per heavy atom. The van der Waals surface area contributed by atoms with Crippen LogP contribution in [0.1, 0.15) is 45.4 Å². The van der Waals surface area contributed by atoms with E-state index in [-0.39, 0.29) is 23.7 Å². The van der Waals surface area contributed by atoms with Gasteiger partial charge in [0.15, 0.2) is 0 Å². The van der Waals surface area contributed by atoms with Crippen molar-refractivity contribution in [3.05, 3.63) is 0 Å². The molecule has 3 rings (SSSR count). The molecule has 2 aliphatic heterocycles. The smallest absolute Gasteiger partial charge is 0.150 e. The van der Waals surface area contributed by atoms with Gasteiger partial charge < -0.3 is 4.74 Å². The van der Waals surface area contributed by atoms with Crippen LogP contribution in [0.5, 0.6) is 0 Å². The van der Waals surface area contributed by atoms with E-state index in [1.165, 1.54) is 24.9 Å². The van der Waals surface area contributed by atoms with Crippen LogP contribution in [0, 0.1) is 5.92 Å². The van der Waals surface area contributed by atoms with Crippen molar-refractivity contribution in [1.82, 2.24) is 16.0 Å². The summed E-state index contributed by atoms with van der Waals surface area (Å²) in [4.78, 5) is 0. The van der Waals surface area contributed by atoms with Crippen LogP contribution < -0.4 is 16.0 Å². The van der Waals surface area contributed by atoms with Crippen LogP contribution in [0.4, 0.5) is 0 Å². The van der Waals surface area contributed by atoms with E-state index in [4.69, 9.17) is 4.74 Å². The maximum Gasteiger partial charge on any atom is 0.150 e. The van der Waals surface area contributed by atoms with Gasteiger partial charge in [0.2, 0.25) is 0 Å². The molecule has 0 aromatic heterocycles. The molecular weight excluding hydrogens is 370 g/mol. The molecule has 6 nitrogen and oxygen atoms in total. The number of rotatable bonds is 7. The first kappa shape index (κ1) is 20.9. The topological polar surface area (TPSA) is 79.5 Å². The minimum atomic E-state index is -2.91. The standard InChI is InChI=1S/C18H35N3O3S2/c1-3-24-18-17(13-6-8-15(9-7-13)26(2,22)23)21-16(12-20-18)19-11-14-5-4-10-25-14/h13-21H,3-12H2,1-2H3. The second-order valence-electron chi connectivity index (χ2n) is 7.94. The summed E-state index contributed by atoms with van der Waals surface area (Å²) in [6.07, 6.45) is 7.75. The Hall–Kier alpha value is 0.140. The number of nitrogens with one attached hydrogen (secondary N) is 3. The zero-order chi connectivity index (χ0) is 18.6. The molecule has 3 N–H and O–H groups in total. The third kappa shape index (κ3) is 5.58. The molecule has 1 aliphatic carbocycles. The fraction of sp³-hybridized carbons (Fsp3) is 1.00. The molecule has 3 fully saturated rings. The van der Waals surface area contributed by atoms with E-state index in [1.807, 2.05) is 6.92 Å². The van der Waals surface area contributed by atoms with Gasteiger partial charge in [-0.25, -0.2) is 8.42 Å². The largest absolute Gasteiger partial charge is 0.362 e. The summed E-state index contributed by atoms with van der Waals surface area (Å²) in [6.45, 7) is 4.63. The molecule has 2 heterocycles. The van der Waals surface area contributed by atoms with Gasteiger partial charge in [-0.05, 0) is 57.1 Å². The van der Waals surface area contributed by atoms with Crippen molar-refractivity contribution in [3.63, 3.8) is 0 Å². The van der Waals surface area contributed by atoms with E-state index in [2.05, 4.69) is 27.7 Å². The highest BCUT2D eigenvalue weighted by molar-refractivity contribution is 8.00. The Labute approximate surface area is 162 Å².